The number of ether oxygens (including phenoxy) is 1. The number of fused-ring (bicyclic) bond motifs is 3. The molecule has 1 aliphatic rings. The van der Waals surface area contributed by atoms with Gasteiger partial charge in [0, 0.05) is 29.8 Å². The average Bonchev–Trinajstić information content (AvgIpc) is 2.67. The lowest BCUT2D eigenvalue weighted by atomic mass is 9.81. The second-order valence-corrected chi connectivity index (χ2v) is 6.75. The number of nitrogens with zero attached hydrogens (tertiary/aromatic N) is 1. The molecule has 3 aromatic rings. The first-order valence-corrected chi connectivity index (χ1v) is 9.10. The van der Waals surface area contributed by atoms with E-state index in [0.717, 1.165) is 18.5 Å². The molecule has 3 heteroatoms. The zero-order chi connectivity index (χ0) is 17.2. The fraction of sp³-hybridized carbons (Fsp3) is 0.318. The minimum atomic E-state index is 0.0978. The minimum absolute atomic E-state index is 0.0978. The Morgan fingerprint density at radius 1 is 1.04 bits per heavy atom. The van der Waals surface area contributed by atoms with Crippen LogP contribution in [0.1, 0.15) is 43.4 Å². The van der Waals surface area contributed by atoms with E-state index in [0.29, 0.717) is 5.92 Å². The first-order chi connectivity index (χ1) is 12.3. The smallest absolute Gasteiger partial charge is 0.0884 e. The molecule has 0 aliphatic carbocycles. The van der Waals surface area contributed by atoms with E-state index in [1.807, 2.05) is 12.3 Å². The van der Waals surface area contributed by atoms with E-state index in [2.05, 4.69) is 72.7 Å². The largest absolute Gasteiger partial charge is 0.375 e. The number of aromatic nitrogens is 1. The van der Waals surface area contributed by atoms with Crippen LogP contribution in [0.3, 0.4) is 0 Å². The zero-order valence-corrected chi connectivity index (χ0v) is 14.8. The maximum absolute atomic E-state index is 6.33. The summed E-state index contributed by atoms with van der Waals surface area (Å²) in [6.45, 7) is 5.21. The predicted octanol–water partition coefficient (Wildman–Crippen LogP) is 5.30. The molecule has 0 fully saturated rings. The number of hydrogen-bond acceptors (Lipinski definition) is 3. The fourth-order valence-electron chi connectivity index (χ4n) is 3.92. The van der Waals surface area contributed by atoms with Gasteiger partial charge in [-0.1, -0.05) is 50.2 Å². The van der Waals surface area contributed by atoms with Gasteiger partial charge in [-0.25, -0.2) is 0 Å². The van der Waals surface area contributed by atoms with E-state index >= 15 is 0 Å². The predicted molar refractivity (Wildman–Crippen MR) is 103 cm³/mol. The van der Waals surface area contributed by atoms with Crippen LogP contribution in [0.2, 0.25) is 0 Å². The van der Waals surface area contributed by atoms with Gasteiger partial charge in [-0.3, -0.25) is 4.98 Å². The number of pyridine rings is 1. The van der Waals surface area contributed by atoms with Crippen molar-refractivity contribution in [2.75, 3.05) is 11.9 Å². The van der Waals surface area contributed by atoms with Gasteiger partial charge in [-0.15, -0.1) is 0 Å². The van der Waals surface area contributed by atoms with Crippen LogP contribution in [-0.2, 0) is 4.74 Å². The van der Waals surface area contributed by atoms with Crippen molar-refractivity contribution in [1.29, 1.82) is 0 Å². The number of benzene rings is 2. The summed E-state index contributed by atoms with van der Waals surface area (Å²) < 4.78 is 6.33. The summed E-state index contributed by atoms with van der Waals surface area (Å²) in [5.74, 6) is 0.293. The fourth-order valence-corrected chi connectivity index (χ4v) is 3.92. The molecule has 0 amide bonds. The first-order valence-electron chi connectivity index (χ1n) is 9.10. The Bertz CT molecular complexity index is 862. The molecular formula is C22H24N2O. The molecule has 1 N–H and O–H groups in total. The summed E-state index contributed by atoms with van der Waals surface area (Å²) >= 11 is 0. The van der Waals surface area contributed by atoms with Crippen molar-refractivity contribution in [1.82, 2.24) is 4.98 Å². The Morgan fingerprint density at radius 2 is 1.88 bits per heavy atom. The van der Waals surface area contributed by atoms with Gasteiger partial charge in [0.25, 0.3) is 0 Å². The third kappa shape index (κ3) is 2.89. The molecule has 1 aromatic heterocycles. The van der Waals surface area contributed by atoms with Crippen molar-refractivity contribution in [2.45, 2.75) is 38.3 Å². The van der Waals surface area contributed by atoms with Gasteiger partial charge in [-0.2, -0.15) is 0 Å². The maximum Gasteiger partial charge on any atom is 0.0884 e. The van der Waals surface area contributed by atoms with Crippen molar-refractivity contribution < 1.29 is 4.74 Å². The van der Waals surface area contributed by atoms with E-state index in [-0.39, 0.29) is 12.1 Å². The van der Waals surface area contributed by atoms with Gasteiger partial charge in [0.1, 0.15) is 0 Å². The van der Waals surface area contributed by atoms with Gasteiger partial charge in [0.2, 0.25) is 0 Å². The molecular weight excluding hydrogens is 308 g/mol. The Kier molecular flexibility index (Phi) is 4.41. The van der Waals surface area contributed by atoms with Gasteiger partial charge < -0.3 is 10.1 Å². The Hall–Kier alpha value is -2.39. The highest BCUT2D eigenvalue weighted by atomic mass is 16.5. The van der Waals surface area contributed by atoms with E-state index in [1.54, 1.807) is 0 Å². The van der Waals surface area contributed by atoms with Crippen LogP contribution in [0.25, 0.3) is 10.9 Å². The molecule has 25 heavy (non-hydrogen) atoms. The van der Waals surface area contributed by atoms with Crippen LogP contribution in [0, 0.1) is 0 Å². The Morgan fingerprint density at radius 3 is 2.68 bits per heavy atom. The summed E-state index contributed by atoms with van der Waals surface area (Å²) in [7, 11) is 0. The van der Waals surface area contributed by atoms with E-state index in [4.69, 9.17) is 4.74 Å². The average molecular weight is 332 g/mol. The SMILES string of the molecule is CCCOC1C(C)c2c(ccc3ncccc23)NC1c1ccccc1. The molecule has 0 saturated carbocycles. The van der Waals surface area contributed by atoms with Crippen molar-refractivity contribution in [3.8, 4) is 0 Å². The molecule has 2 aromatic carbocycles. The van der Waals surface area contributed by atoms with Gasteiger partial charge in [0.05, 0.1) is 17.7 Å². The summed E-state index contributed by atoms with van der Waals surface area (Å²) in [5, 5.41) is 4.96. The highest BCUT2D eigenvalue weighted by Crippen LogP contribution is 2.44. The molecule has 0 saturated heterocycles. The molecule has 2 heterocycles. The number of hydrogen-bond donors (Lipinski definition) is 1. The molecule has 4 rings (SSSR count). The summed E-state index contributed by atoms with van der Waals surface area (Å²) in [5.41, 5.74) is 4.83. The number of rotatable bonds is 4. The van der Waals surface area contributed by atoms with Crippen molar-refractivity contribution >= 4 is 16.6 Å². The lowest BCUT2D eigenvalue weighted by Gasteiger charge is -2.40. The second kappa shape index (κ2) is 6.85. The summed E-state index contributed by atoms with van der Waals surface area (Å²) in [4.78, 5) is 4.52. The topological polar surface area (TPSA) is 34.1 Å². The van der Waals surface area contributed by atoms with E-state index in [9.17, 15) is 0 Å². The molecule has 128 valence electrons. The van der Waals surface area contributed by atoms with Crippen LogP contribution in [-0.4, -0.2) is 17.7 Å². The highest BCUT2D eigenvalue weighted by Gasteiger charge is 2.36. The molecule has 3 nitrogen and oxygen atoms in total. The standard InChI is InChI=1S/C22H24N2O/c1-3-14-25-22-15(2)20-17-10-7-13-23-18(17)11-12-19(20)24-21(22)16-8-5-4-6-9-16/h4-13,15,21-22,24H,3,14H2,1-2H3. The normalized spacial score (nSPS) is 22.4. The Balaban J connectivity index is 1.82. The van der Waals surface area contributed by atoms with Crippen LogP contribution in [0.4, 0.5) is 5.69 Å². The third-order valence-electron chi connectivity index (χ3n) is 5.09. The van der Waals surface area contributed by atoms with Gasteiger partial charge in [-0.05, 0) is 35.7 Å². The highest BCUT2D eigenvalue weighted by molar-refractivity contribution is 5.88. The van der Waals surface area contributed by atoms with E-state index in [1.165, 1.54) is 22.2 Å². The molecule has 1 aliphatic heterocycles. The lowest BCUT2D eigenvalue weighted by molar-refractivity contribution is 0.0221. The Labute approximate surface area is 149 Å². The molecule has 3 unspecified atom stereocenters. The van der Waals surface area contributed by atoms with Crippen LogP contribution in [0.5, 0.6) is 0 Å². The summed E-state index contributed by atoms with van der Waals surface area (Å²) in [6.07, 6.45) is 2.97. The van der Waals surface area contributed by atoms with Gasteiger partial charge in [0.15, 0.2) is 0 Å². The lowest BCUT2D eigenvalue weighted by Crippen LogP contribution is -2.37. The van der Waals surface area contributed by atoms with Crippen LogP contribution in [0.15, 0.2) is 60.8 Å². The number of anilines is 1. The molecule has 0 bridgehead atoms. The van der Waals surface area contributed by atoms with Crippen molar-refractivity contribution in [3.63, 3.8) is 0 Å². The second-order valence-electron chi connectivity index (χ2n) is 6.75. The first kappa shape index (κ1) is 16.1. The maximum atomic E-state index is 6.33. The third-order valence-corrected chi connectivity index (χ3v) is 5.09. The van der Waals surface area contributed by atoms with E-state index < -0.39 is 0 Å². The zero-order valence-electron chi connectivity index (χ0n) is 14.8. The molecule has 3 atom stereocenters. The van der Waals surface area contributed by atoms with Crippen molar-refractivity contribution in [2.24, 2.45) is 0 Å². The molecule has 0 radical (unpaired) electrons. The monoisotopic (exact) mass is 332 g/mol. The van der Waals surface area contributed by atoms with Crippen LogP contribution >= 0.6 is 0 Å². The number of nitrogens with one attached hydrogen (secondary N) is 1. The van der Waals surface area contributed by atoms with Crippen molar-refractivity contribution in [3.05, 3.63) is 71.9 Å². The van der Waals surface area contributed by atoms with Crippen LogP contribution < -0.4 is 5.32 Å². The quantitative estimate of drug-likeness (QED) is 0.704. The summed E-state index contributed by atoms with van der Waals surface area (Å²) in [6, 6.07) is 19.2. The minimum Gasteiger partial charge on any atom is -0.375 e. The molecule has 0 spiro atoms. The van der Waals surface area contributed by atoms with Gasteiger partial charge >= 0.3 is 0 Å².